The van der Waals surface area contributed by atoms with Gasteiger partial charge in [-0.2, -0.15) is 0 Å². The Labute approximate surface area is 133 Å². The summed E-state index contributed by atoms with van der Waals surface area (Å²) in [5.74, 6) is -3.79. The zero-order valence-electron chi connectivity index (χ0n) is 13.0. The standard InChI is InChI=1S/C15H20N2O6/c1-6(2)12(15(21)22)16-9(18)5-17-13(19)10-7-3-4-8(23-7)11(10)14(17)20/h6-8,10-12H,3-5H2,1-2H3,(H,16,18)(H,21,22)/t7?,8?,10?,11?,12-/m0/s1. The molecule has 0 spiro atoms. The zero-order valence-corrected chi connectivity index (χ0v) is 13.0. The van der Waals surface area contributed by atoms with Crippen molar-refractivity contribution in [2.24, 2.45) is 17.8 Å². The van der Waals surface area contributed by atoms with Crippen LogP contribution < -0.4 is 5.32 Å². The second-order valence-electron chi connectivity index (χ2n) is 6.73. The van der Waals surface area contributed by atoms with Crippen molar-refractivity contribution in [3.63, 3.8) is 0 Å². The van der Waals surface area contributed by atoms with Gasteiger partial charge in [0.25, 0.3) is 0 Å². The molecule has 8 heteroatoms. The van der Waals surface area contributed by atoms with Crippen molar-refractivity contribution in [2.45, 2.75) is 44.9 Å². The lowest BCUT2D eigenvalue weighted by atomic mass is 9.81. The minimum atomic E-state index is -1.14. The van der Waals surface area contributed by atoms with Crippen LogP contribution in [0.2, 0.25) is 0 Å². The van der Waals surface area contributed by atoms with E-state index in [4.69, 9.17) is 9.84 Å². The average molecular weight is 324 g/mol. The highest BCUT2D eigenvalue weighted by Crippen LogP contribution is 2.48. The van der Waals surface area contributed by atoms with Gasteiger partial charge in [-0.3, -0.25) is 19.3 Å². The first kappa shape index (κ1) is 15.9. The predicted molar refractivity (Wildman–Crippen MR) is 76.0 cm³/mol. The van der Waals surface area contributed by atoms with E-state index in [2.05, 4.69) is 5.32 Å². The highest BCUT2D eigenvalue weighted by molar-refractivity contribution is 6.08. The highest BCUT2D eigenvalue weighted by atomic mass is 16.5. The molecule has 0 saturated carbocycles. The van der Waals surface area contributed by atoms with Gasteiger partial charge in [-0.1, -0.05) is 13.8 Å². The van der Waals surface area contributed by atoms with Crippen LogP contribution in [0.4, 0.5) is 0 Å². The Morgan fingerprint density at radius 2 is 1.74 bits per heavy atom. The van der Waals surface area contributed by atoms with Gasteiger partial charge in [0.2, 0.25) is 17.7 Å². The summed E-state index contributed by atoms with van der Waals surface area (Å²) in [6, 6.07) is -1.05. The third kappa shape index (κ3) is 2.50. The molecule has 5 atom stereocenters. The Morgan fingerprint density at radius 3 is 2.17 bits per heavy atom. The van der Waals surface area contributed by atoms with Crippen molar-refractivity contribution in [1.29, 1.82) is 0 Å². The monoisotopic (exact) mass is 324 g/mol. The largest absolute Gasteiger partial charge is 0.480 e. The lowest BCUT2D eigenvalue weighted by molar-refractivity contribution is -0.147. The Bertz CT molecular complexity index is 546. The maximum absolute atomic E-state index is 12.4. The Hall–Kier alpha value is -1.96. The van der Waals surface area contributed by atoms with E-state index in [1.165, 1.54) is 0 Å². The van der Waals surface area contributed by atoms with E-state index in [-0.39, 0.29) is 29.9 Å². The molecule has 126 valence electrons. The lowest BCUT2D eigenvalue weighted by Crippen LogP contribution is -2.49. The summed E-state index contributed by atoms with van der Waals surface area (Å²) < 4.78 is 5.61. The summed E-state index contributed by atoms with van der Waals surface area (Å²) in [4.78, 5) is 48.9. The van der Waals surface area contributed by atoms with Crippen molar-refractivity contribution >= 4 is 23.7 Å². The number of ether oxygens (including phenoxy) is 1. The molecule has 8 nitrogen and oxygen atoms in total. The SMILES string of the molecule is CC(C)[C@H](NC(=O)CN1C(=O)C2C3CCC(O3)C2C1=O)C(=O)O. The van der Waals surface area contributed by atoms with Gasteiger partial charge in [0.05, 0.1) is 24.0 Å². The average Bonchev–Trinajstić information content (AvgIpc) is 3.14. The number of nitrogens with one attached hydrogen (secondary N) is 1. The molecule has 0 aliphatic carbocycles. The number of fused-ring (bicyclic) bond motifs is 5. The molecule has 2 N–H and O–H groups in total. The third-order valence-electron chi connectivity index (χ3n) is 4.93. The summed E-state index contributed by atoms with van der Waals surface area (Å²) in [6.07, 6.45) is 1.08. The van der Waals surface area contributed by atoms with Crippen LogP contribution in [-0.4, -0.2) is 58.5 Å². The minimum absolute atomic E-state index is 0.225. The molecule has 0 aromatic rings. The lowest BCUT2D eigenvalue weighted by Gasteiger charge is -2.21. The number of hydrogen-bond donors (Lipinski definition) is 2. The van der Waals surface area contributed by atoms with Crippen LogP contribution in [0.5, 0.6) is 0 Å². The fourth-order valence-electron chi connectivity index (χ4n) is 3.81. The molecule has 3 aliphatic heterocycles. The molecule has 3 saturated heterocycles. The number of carboxylic acid groups (broad SMARTS) is 1. The number of rotatable bonds is 5. The second-order valence-corrected chi connectivity index (χ2v) is 6.73. The molecule has 3 amide bonds. The number of imide groups is 1. The number of likely N-dealkylation sites (tertiary alicyclic amines) is 1. The Kier molecular flexibility index (Phi) is 3.87. The molecule has 3 fully saturated rings. The van der Waals surface area contributed by atoms with Crippen LogP contribution in [0.1, 0.15) is 26.7 Å². The van der Waals surface area contributed by atoms with E-state index < -0.39 is 36.3 Å². The van der Waals surface area contributed by atoms with Gasteiger partial charge in [0.15, 0.2) is 0 Å². The molecular weight excluding hydrogens is 304 g/mol. The van der Waals surface area contributed by atoms with Gasteiger partial charge >= 0.3 is 5.97 Å². The van der Waals surface area contributed by atoms with Gasteiger partial charge in [-0.15, -0.1) is 0 Å². The Balaban J connectivity index is 1.66. The molecule has 2 bridgehead atoms. The van der Waals surface area contributed by atoms with Crippen LogP contribution in [-0.2, 0) is 23.9 Å². The van der Waals surface area contributed by atoms with Crippen LogP contribution >= 0.6 is 0 Å². The van der Waals surface area contributed by atoms with Gasteiger partial charge < -0.3 is 15.2 Å². The van der Waals surface area contributed by atoms with Crippen molar-refractivity contribution in [3.05, 3.63) is 0 Å². The van der Waals surface area contributed by atoms with Gasteiger partial charge in [0, 0.05) is 0 Å². The van der Waals surface area contributed by atoms with Crippen LogP contribution in [0.15, 0.2) is 0 Å². The van der Waals surface area contributed by atoms with Crippen LogP contribution in [0, 0.1) is 17.8 Å². The molecule has 0 radical (unpaired) electrons. The summed E-state index contributed by atoms with van der Waals surface area (Å²) in [6.45, 7) is 2.91. The van der Waals surface area contributed by atoms with E-state index in [0.29, 0.717) is 0 Å². The van der Waals surface area contributed by atoms with E-state index in [1.807, 2.05) is 0 Å². The number of nitrogens with zero attached hydrogens (tertiary/aromatic N) is 1. The number of carbonyl (C=O) groups excluding carboxylic acids is 3. The maximum Gasteiger partial charge on any atom is 0.326 e. The first-order chi connectivity index (χ1) is 10.8. The first-order valence-electron chi connectivity index (χ1n) is 7.84. The van der Waals surface area contributed by atoms with Crippen molar-refractivity contribution in [3.8, 4) is 0 Å². The summed E-state index contributed by atoms with van der Waals surface area (Å²) in [7, 11) is 0. The van der Waals surface area contributed by atoms with E-state index >= 15 is 0 Å². The van der Waals surface area contributed by atoms with Crippen molar-refractivity contribution in [1.82, 2.24) is 10.2 Å². The molecule has 4 unspecified atom stereocenters. The number of aliphatic carboxylic acids is 1. The summed E-state index contributed by atoms with van der Waals surface area (Å²) in [5.41, 5.74) is 0. The normalized spacial score (nSPS) is 33.3. The van der Waals surface area contributed by atoms with Crippen molar-refractivity contribution in [2.75, 3.05) is 6.54 Å². The van der Waals surface area contributed by atoms with E-state index in [1.54, 1.807) is 13.8 Å². The fraction of sp³-hybridized carbons (Fsp3) is 0.733. The minimum Gasteiger partial charge on any atom is -0.480 e. The quantitative estimate of drug-likeness (QED) is 0.651. The summed E-state index contributed by atoms with van der Waals surface area (Å²) in [5, 5.41) is 11.5. The molecule has 0 aromatic heterocycles. The van der Waals surface area contributed by atoms with Gasteiger partial charge in [-0.05, 0) is 18.8 Å². The molecule has 3 heterocycles. The Morgan fingerprint density at radius 1 is 1.22 bits per heavy atom. The number of amides is 3. The van der Waals surface area contributed by atoms with Gasteiger partial charge in [-0.25, -0.2) is 4.79 Å². The van der Waals surface area contributed by atoms with Crippen LogP contribution in [0.25, 0.3) is 0 Å². The number of hydrogen-bond acceptors (Lipinski definition) is 5. The summed E-state index contributed by atoms with van der Waals surface area (Å²) >= 11 is 0. The molecule has 0 aromatic carbocycles. The second kappa shape index (κ2) is 5.59. The van der Waals surface area contributed by atoms with E-state index in [0.717, 1.165) is 17.7 Å². The highest BCUT2D eigenvalue weighted by Gasteiger charge is 2.62. The predicted octanol–water partition coefficient (Wildman–Crippen LogP) is -0.626. The topological polar surface area (TPSA) is 113 Å². The maximum atomic E-state index is 12.4. The fourth-order valence-corrected chi connectivity index (χ4v) is 3.81. The zero-order chi connectivity index (χ0) is 16.9. The van der Waals surface area contributed by atoms with Gasteiger partial charge in [0.1, 0.15) is 12.6 Å². The molecule has 3 rings (SSSR count). The van der Waals surface area contributed by atoms with Crippen LogP contribution in [0.3, 0.4) is 0 Å². The molecule has 3 aliphatic rings. The molecule has 23 heavy (non-hydrogen) atoms. The smallest absolute Gasteiger partial charge is 0.326 e. The van der Waals surface area contributed by atoms with E-state index in [9.17, 15) is 19.2 Å². The number of carboxylic acids is 1. The number of carbonyl (C=O) groups is 4. The van der Waals surface area contributed by atoms with Crippen molar-refractivity contribution < 1.29 is 29.0 Å². The third-order valence-corrected chi connectivity index (χ3v) is 4.93. The molecular formula is C15H20N2O6. The first-order valence-corrected chi connectivity index (χ1v) is 7.84.